The zero-order valence-electron chi connectivity index (χ0n) is 11.5. The molecule has 7 heteroatoms. The highest BCUT2D eigenvalue weighted by atomic mass is 16.5. The summed E-state index contributed by atoms with van der Waals surface area (Å²) in [7, 11) is 1.61. The Labute approximate surface area is 112 Å². The Hall–Kier alpha value is -1.60. The van der Waals surface area contributed by atoms with Gasteiger partial charge in [-0.2, -0.15) is 5.10 Å². The number of H-pyrrole nitrogens is 1. The number of rotatable bonds is 9. The van der Waals surface area contributed by atoms with Crippen molar-refractivity contribution in [2.24, 2.45) is 0 Å². The summed E-state index contributed by atoms with van der Waals surface area (Å²) in [5.74, 6) is -0.286. The molecule has 1 heterocycles. The molecule has 0 aliphatic heterocycles. The molecular weight excluding hydrogens is 248 g/mol. The number of nitrogens with one attached hydrogen (secondary N) is 2. The van der Waals surface area contributed by atoms with Gasteiger partial charge in [-0.1, -0.05) is 13.3 Å². The highest BCUT2D eigenvalue weighted by molar-refractivity contribution is 5.97. The number of nitrogen functional groups attached to an aromatic ring is 1. The number of nitrogens with zero attached hydrogens (tertiary/aromatic N) is 1. The molecule has 0 aromatic carbocycles. The van der Waals surface area contributed by atoms with Crippen LogP contribution in [-0.2, 0) is 15.9 Å². The van der Waals surface area contributed by atoms with E-state index < -0.39 is 0 Å². The highest BCUT2D eigenvalue weighted by Gasteiger charge is 2.16. The zero-order chi connectivity index (χ0) is 14.1. The van der Waals surface area contributed by atoms with Gasteiger partial charge in [-0.3, -0.25) is 9.89 Å². The molecule has 19 heavy (non-hydrogen) atoms. The number of aromatic amines is 1. The second-order valence-electron chi connectivity index (χ2n) is 4.08. The van der Waals surface area contributed by atoms with Crippen LogP contribution in [0.25, 0.3) is 0 Å². The van der Waals surface area contributed by atoms with E-state index in [4.69, 9.17) is 15.2 Å². The summed E-state index contributed by atoms with van der Waals surface area (Å²) in [6, 6.07) is 0. The Morgan fingerprint density at radius 3 is 2.89 bits per heavy atom. The molecule has 0 aliphatic rings. The van der Waals surface area contributed by atoms with Gasteiger partial charge in [0.15, 0.2) is 5.69 Å². The maximum Gasteiger partial charge on any atom is 0.274 e. The van der Waals surface area contributed by atoms with Crippen LogP contribution in [0.1, 0.15) is 29.5 Å². The van der Waals surface area contributed by atoms with E-state index in [-0.39, 0.29) is 11.6 Å². The van der Waals surface area contributed by atoms with Gasteiger partial charge in [0.25, 0.3) is 5.91 Å². The first-order valence-electron chi connectivity index (χ1n) is 6.38. The maximum atomic E-state index is 11.8. The molecule has 1 aromatic heterocycles. The van der Waals surface area contributed by atoms with E-state index in [0.717, 1.165) is 18.5 Å². The third-order valence-corrected chi connectivity index (χ3v) is 2.56. The molecule has 1 rings (SSSR count). The molecule has 0 aliphatic carbocycles. The lowest BCUT2D eigenvalue weighted by Crippen LogP contribution is -2.28. The molecule has 1 aromatic rings. The number of methoxy groups -OCH3 is 1. The maximum absolute atomic E-state index is 11.8. The van der Waals surface area contributed by atoms with E-state index in [1.54, 1.807) is 7.11 Å². The van der Waals surface area contributed by atoms with E-state index in [2.05, 4.69) is 15.5 Å². The summed E-state index contributed by atoms with van der Waals surface area (Å²) >= 11 is 0. The molecule has 0 atom stereocenters. The minimum Gasteiger partial charge on any atom is -0.395 e. The van der Waals surface area contributed by atoms with Gasteiger partial charge in [0.1, 0.15) is 0 Å². The predicted molar refractivity (Wildman–Crippen MR) is 72.0 cm³/mol. The zero-order valence-corrected chi connectivity index (χ0v) is 11.5. The molecular formula is C12H22N4O3. The van der Waals surface area contributed by atoms with E-state index in [1.807, 2.05) is 6.92 Å². The van der Waals surface area contributed by atoms with Crippen LogP contribution in [0.15, 0.2) is 0 Å². The molecule has 0 radical (unpaired) electrons. The standard InChI is InChI=1S/C12H22N4O3/c1-3-4-9-10(13)11(16-15-9)12(17)14-5-6-19-8-7-18-2/h3-8,13H2,1-2H3,(H,14,17)(H,15,16). The summed E-state index contributed by atoms with van der Waals surface area (Å²) < 4.78 is 10.1. The number of carbonyl (C=O) groups excluding carboxylic acids is 1. The number of amides is 1. The van der Waals surface area contributed by atoms with Crippen molar-refractivity contribution in [3.8, 4) is 0 Å². The molecule has 7 nitrogen and oxygen atoms in total. The van der Waals surface area contributed by atoms with E-state index in [0.29, 0.717) is 32.1 Å². The largest absolute Gasteiger partial charge is 0.395 e. The van der Waals surface area contributed by atoms with Gasteiger partial charge < -0.3 is 20.5 Å². The van der Waals surface area contributed by atoms with Gasteiger partial charge >= 0.3 is 0 Å². The van der Waals surface area contributed by atoms with Crippen molar-refractivity contribution in [1.82, 2.24) is 15.5 Å². The molecule has 0 saturated carbocycles. The van der Waals surface area contributed by atoms with Gasteiger partial charge in [0.05, 0.1) is 31.2 Å². The Balaban J connectivity index is 2.33. The van der Waals surface area contributed by atoms with Crippen molar-refractivity contribution in [3.63, 3.8) is 0 Å². The van der Waals surface area contributed by atoms with Crippen molar-refractivity contribution < 1.29 is 14.3 Å². The molecule has 1 amide bonds. The van der Waals surface area contributed by atoms with Gasteiger partial charge in [0.2, 0.25) is 0 Å². The molecule has 108 valence electrons. The van der Waals surface area contributed by atoms with Gasteiger partial charge in [-0.15, -0.1) is 0 Å². The van der Waals surface area contributed by atoms with Crippen molar-refractivity contribution in [2.45, 2.75) is 19.8 Å². The fourth-order valence-corrected chi connectivity index (χ4v) is 1.57. The summed E-state index contributed by atoms with van der Waals surface area (Å²) in [6.45, 7) is 3.94. The highest BCUT2D eigenvalue weighted by Crippen LogP contribution is 2.15. The summed E-state index contributed by atoms with van der Waals surface area (Å²) in [4.78, 5) is 11.8. The van der Waals surface area contributed by atoms with E-state index in [1.165, 1.54) is 0 Å². The van der Waals surface area contributed by atoms with Crippen LogP contribution in [0.2, 0.25) is 0 Å². The van der Waals surface area contributed by atoms with Crippen LogP contribution < -0.4 is 11.1 Å². The molecule has 0 saturated heterocycles. The molecule has 0 fully saturated rings. The van der Waals surface area contributed by atoms with Gasteiger partial charge in [0, 0.05) is 13.7 Å². The normalized spacial score (nSPS) is 10.6. The van der Waals surface area contributed by atoms with E-state index >= 15 is 0 Å². The quantitative estimate of drug-likeness (QED) is 0.561. The molecule has 0 bridgehead atoms. The number of carbonyl (C=O) groups is 1. The number of ether oxygens (including phenoxy) is 2. The lowest BCUT2D eigenvalue weighted by molar-refractivity contribution is 0.0692. The van der Waals surface area contributed by atoms with Crippen LogP contribution in [-0.4, -0.2) is 49.6 Å². The summed E-state index contributed by atoms with van der Waals surface area (Å²) in [6.07, 6.45) is 1.73. The predicted octanol–water partition coefficient (Wildman–Crippen LogP) is 0.337. The number of aromatic nitrogens is 2. The van der Waals surface area contributed by atoms with Crippen LogP contribution in [0.5, 0.6) is 0 Å². The van der Waals surface area contributed by atoms with Gasteiger partial charge in [-0.25, -0.2) is 0 Å². The van der Waals surface area contributed by atoms with E-state index in [9.17, 15) is 4.79 Å². The monoisotopic (exact) mass is 270 g/mol. The SMILES string of the molecule is CCCc1[nH]nc(C(=O)NCCOCCOC)c1N. The van der Waals surface area contributed by atoms with Crippen LogP contribution in [0.4, 0.5) is 5.69 Å². The number of nitrogens with two attached hydrogens (primary N) is 1. The topological polar surface area (TPSA) is 102 Å². The van der Waals surface area contributed by atoms with Crippen LogP contribution in [0.3, 0.4) is 0 Å². The number of anilines is 1. The fraction of sp³-hybridized carbons (Fsp3) is 0.667. The fourth-order valence-electron chi connectivity index (χ4n) is 1.57. The average molecular weight is 270 g/mol. The van der Waals surface area contributed by atoms with Crippen LogP contribution in [0, 0.1) is 0 Å². The van der Waals surface area contributed by atoms with Crippen molar-refractivity contribution >= 4 is 11.6 Å². The number of aryl methyl sites for hydroxylation is 1. The smallest absolute Gasteiger partial charge is 0.274 e. The lowest BCUT2D eigenvalue weighted by atomic mass is 10.2. The summed E-state index contributed by atoms with van der Waals surface area (Å²) in [5, 5.41) is 9.44. The second-order valence-corrected chi connectivity index (χ2v) is 4.08. The first-order chi connectivity index (χ1) is 9.20. The number of hydrogen-bond acceptors (Lipinski definition) is 5. The Kier molecular flexibility index (Phi) is 6.91. The second kappa shape index (κ2) is 8.49. The molecule has 4 N–H and O–H groups in total. The minimum absolute atomic E-state index is 0.250. The Morgan fingerprint density at radius 2 is 2.21 bits per heavy atom. The first kappa shape index (κ1) is 15.5. The molecule has 0 spiro atoms. The van der Waals surface area contributed by atoms with Crippen molar-refractivity contribution in [2.75, 3.05) is 39.2 Å². The minimum atomic E-state index is -0.286. The third kappa shape index (κ3) is 4.88. The van der Waals surface area contributed by atoms with Crippen molar-refractivity contribution in [1.29, 1.82) is 0 Å². The average Bonchev–Trinajstić information content (AvgIpc) is 2.76. The third-order valence-electron chi connectivity index (χ3n) is 2.56. The van der Waals surface area contributed by atoms with Crippen LogP contribution >= 0.6 is 0 Å². The summed E-state index contributed by atoms with van der Waals surface area (Å²) in [5.41, 5.74) is 7.35. The number of hydrogen-bond donors (Lipinski definition) is 3. The Morgan fingerprint density at radius 1 is 1.42 bits per heavy atom. The Bertz CT molecular complexity index is 392. The van der Waals surface area contributed by atoms with Gasteiger partial charge in [-0.05, 0) is 6.42 Å². The lowest BCUT2D eigenvalue weighted by Gasteiger charge is -2.05. The molecule has 0 unspecified atom stereocenters. The van der Waals surface area contributed by atoms with Crippen molar-refractivity contribution in [3.05, 3.63) is 11.4 Å². The first-order valence-corrected chi connectivity index (χ1v) is 6.38.